The van der Waals surface area contributed by atoms with Crippen LogP contribution in [-0.4, -0.2) is 84.7 Å². The first-order chi connectivity index (χ1) is 15.1. The minimum absolute atomic E-state index is 0.0821. The molecule has 31 heavy (non-hydrogen) atoms. The summed E-state index contributed by atoms with van der Waals surface area (Å²) < 4.78 is 10.7. The fraction of sp³-hybridized carbons (Fsp3) is 0.545. The SMILES string of the molecule is CCC(=O)N(C)CCc1noc(-c2ccc(C(=O)NCCCN3CCOCC3)cc2)n1. The van der Waals surface area contributed by atoms with Crippen molar-refractivity contribution < 1.29 is 18.8 Å². The highest BCUT2D eigenvalue weighted by Gasteiger charge is 2.13. The lowest BCUT2D eigenvalue weighted by atomic mass is 10.1. The highest BCUT2D eigenvalue weighted by atomic mass is 16.5. The van der Waals surface area contributed by atoms with Crippen LogP contribution in [0.1, 0.15) is 35.9 Å². The first-order valence-electron chi connectivity index (χ1n) is 10.8. The van der Waals surface area contributed by atoms with Crippen LogP contribution in [0.25, 0.3) is 11.5 Å². The van der Waals surface area contributed by atoms with Gasteiger partial charge in [-0.3, -0.25) is 14.5 Å². The van der Waals surface area contributed by atoms with Gasteiger partial charge in [0.1, 0.15) is 0 Å². The topological polar surface area (TPSA) is 101 Å². The van der Waals surface area contributed by atoms with Crippen LogP contribution in [0.4, 0.5) is 0 Å². The van der Waals surface area contributed by atoms with E-state index in [2.05, 4.69) is 20.4 Å². The fourth-order valence-corrected chi connectivity index (χ4v) is 3.33. The Morgan fingerprint density at radius 1 is 1.19 bits per heavy atom. The minimum Gasteiger partial charge on any atom is -0.379 e. The van der Waals surface area contributed by atoms with Crippen molar-refractivity contribution in [1.29, 1.82) is 0 Å². The molecule has 0 bridgehead atoms. The quantitative estimate of drug-likeness (QED) is 0.573. The lowest BCUT2D eigenvalue weighted by Crippen LogP contribution is -2.38. The maximum atomic E-state index is 12.3. The predicted molar refractivity (Wildman–Crippen MR) is 116 cm³/mol. The Morgan fingerprint density at radius 2 is 1.94 bits per heavy atom. The fourth-order valence-electron chi connectivity index (χ4n) is 3.33. The molecule has 1 aromatic carbocycles. The Balaban J connectivity index is 1.44. The van der Waals surface area contributed by atoms with Crippen LogP contribution in [-0.2, 0) is 16.0 Å². The molecule has 0 aliphatic carbocycles. The number of nitrogens with one attached hydrogen (secondary N) is 1. The second kappa shape index (κ2) is 11.6. The summed E-state index contributed by atoms with van der Waals surface area (Å²) in [6.45, 7) is 7.47. The van der Waals surface area contributed by atoms with Crippen molar-refractivity contribution in [3.8, 4) is 11.5 Å². The number of nitrogens with zero attached hydrogens (tertiary/aromatic N) is 4. The monoisotopic (exact) mass is 429 g/mol. The third-order valence-corrected chi connectivity index (χ3v) is 5.30. The molecule has 3 rings (SSSR count). The van der Waals surface area contributed by atoms with Gasteiger partial charge in [-0.1, -0.05) is 12.1 Å². The number of hydrogen-bond donors (Lipinski definition) is 1. The Morgan fingerprint density at radius 3 is 2.65 bits per heavy atom. The van der Waals surface area contributed by atoms with Crippen LogP contribution < -0.4 is 5.32 Å². The molecule has 9 nitrogen and oxygen atoms in total. The summed E-state index contributed by atoms with van der Waals surface area (Å²) in [6, 6.07) is 7.10. The van der Waals surface area contributed by atoms with E-state index < -0.39 is 0 Å². The molecule has 0 unspecified atom stereocenters. The lowest BCUT2D eigenvalue weighted by molar-refractivity contribution is -0.129. The summed E-state index contributed by atoms with van der Waals surface area (Å²) in [5.74, 6) is 0.937. The van der Waals surface area contributed by atoms with Gasteiger partial charge in [-0.25, -0.2) is 0 Å². The Kier molecular flexibility index (Phi) is 8.54. The van der Waals surface area contributed by atoms with Gasteiger partial charge in [0.25, 0.3) is 11.8 Å². The van der Waals surface area contributed by atoms with E-state index in [-0.39, 0.29) is 11.8 Å². The number of likely N-dealkylation sites (N-methyl/N-ethyl adjacent to an activating group) is 1. The molecule has 2 heterocycles. The highest BCUT2D eigenvalue weighted by molar-refractivity contribution is 5.94. The molecule has 1 fully saturated rings. The van der Waals surface area contributed by atoms with Crippen LogP contribution in [0.2, 0.25) is 0 Å². The minimum atomic E-state index is -0.0941. The van der Waals surface area contributed by atoms with Gasteiger partial charge in [0.05, 0.1) is 13.2 Å². The lowest BCUT2D eigenvalue weighted by Gasteiger charge is -2.26. The van der Waals surface area contributed by atoms with Crippen molar-refractivity contribution in [3.63, 3.8) is 0 Å². The molecule has 2 aromatic rings. The highest BCUT2D eigenvalue weighted by Crippen LogP contribution is 2.18. The summed E-state index contributed by atoms with van der Waals surface area (Å²) in [6.07, 6.45) is 1.91. The number of hydrogen-bond acceptors (Lipinski definition) is 7. The first-order valence-corrected chi connectivity index (χ1v) is 10.8. The molecule has 1 N–H and O–H groups in total. The van der Waals surface area contributed by atoms with Crippen molar-refractivity contribution in [2.75, 3.05) is 53.0 Å². The third kappa shape index (κ3) is 6.86. The molecule has 0 spiro atoms. The molecule has 0 saturated carbocycles. The molecule has 0 atom stereocenters. The number of aromatic nitrogens is 2. The van der Waals surface area contributed by atoms with Gasteiger partial charge in [-0.15, -0.1) is 0 Å². The number of carbonyl (C=O) groups excluding carboxylic acids is 2. The summed E-state index contributed by atoms with van der Waals surface area (Å²) in [5.41, 5.74) is 1.34. The summed E-state index contributed by atoms with van der Waals surface area (Å²) in [4.78, 5) is 32.4. The molecule has 2 amide bonds. The van der Waals surface area contributed by atoms with E-state index in [0.29, 0.717) is 43.2 Å². The van der Waals surface area contributed by atoms with Gasteiger partial charge in [-0.05, 0) is 37.2 Å². The average molecular weight is 430 g/mol. The molecular weight excluding hydrogens is 398 g/mol. The second-order valence-corrected chi connectivity index (χ2v) is 7.58. The molecular formula is C22H31N5O4. The van der Waals surface area contributed by atoms with Crippen LogP contribution in [0.3, 0.4) is 0 Å². The zero-order chi connectivity index (χ0) is 22.1. The van der Waals surface area contributed by atoms with Crippen molar-refractivity contribution in [3.05, 3.63) is 35.7 Å². The molecule has 1 aliphatic rings. The number of carbonyl (C=O) groups is 2. The number of ether oxygens (including phenoxy) is 1. The van der Waals surface area contributed by atoms with E-state index in [9.17, 15) is 9.59 Å². The Bertz CT molecular complexity index is 846. The van der Waals surface area contributed by atoms with Gasteiger partial charge < -0.3 is 19.5 Å². The molecule has 1 saturated heterocycles. The molecule has 9 heteroatoms. The predicted octanol–water partition coefficient (Wildman–Crippen LogP) is 1.60. The zero-order valence-corrected chi connectivity index (χ0v) is 18.3. The maximum absolute atomic E-state index is 12.3. The first kappa shape index (κ1) is 22.9. The zero-order valence-electron chi connectivity index (χ0n) is 18.3. The number of benzene rings is 1. The number of amides is 2. The summed E-state index contributed by atoms with van der Waals surface area (Å²) >= 11 is 0. The van der Waals surface area contributed by atoms with E-state index in [1.54, 1.807) is 36.2 Å². The van der Waals surface area contributed by atoms with Crippen molar-refractivity contribution in [1.82, 2.24) is 25.3 Å². The van der Waals surface area contributed by atoms with E-state index in [1.165, 1.54) is 0 Å². The van der Waals surface area contributed by atoms with E-state index in [4.69, 9.17) is 9.26 Å². The van der Waals surface area contributed by atoms with Gasteiger partial charge >= 0.3 is 0 Å². The largest absolute Gasteiger partial charge is 0.379 e. The third-order valence-electron chi connectivity index (χ3n) is 5.30. The Labute approximate surface area is 182 Å². The molecule has 168 valence electrons. The number of morpholine rings is 1. The van der Waals surface area contributed by atoms with Crippen molar-refractivity contribution in [2.24, 2.45) is 0 Å². The molecule has 0 radical (unpaired) electrons. The van der Waals surface area contributed by atoms with Crippen LogP contribution in [0, 0.1) is 0 Å². The van der Waals surface area contributed by atoms with Gasteiger partial charge in [0, 0.05) is 57.2 Å². The van der Waals surface area contributed by atoms with E-state index in [1.807, 2.05) is 6.92 Å². The second-order valence-electron chi connectivity index (χ2n) is 7.58. The van der Waals surface area contributed by atoms with Crippen molar-refractivity contribution in [2.45, 2.75) is 26.2 Å². The van der Waals surface area contributed by atoms with Crippen molar-refractivity contribution >= 4 is 11.8 Å². The smallest absolute Gasteiger partial charge is 0.257 e. The van der Waals surface area contributed by atoms with Gasteiger partial charge in [-0.2, -0.15) is 4.98 Å². The molecule has 1 aromatic heterocycles. The van der Waals surface area contributed by atoms with Gasteiger partial charge in [0.15, 0.2) is 5.82 Å². The van der Waals surface area contributed by atoms with E-state index in [0.717, 1.165) is 44.8 Å². The standard InChI is InChI=1S/C22H31N5O4/c1-3-20(28)26(2)12-9-19-24-22(31-25-19)18-7-5-17(6-8-18)21(29)23-10-4-11-27-13-15-30-16-14-27/h5-8H,3-4,9-16H2,1-2H3,(H,23,29). The van der Waals surface area contributed by atoms with Gasteiger partial charge in [0.2, 0.25) is 5.91 Å². The average Bonchev–Trinajstić information content (AvgIpc) is 3.29. The maximum Gasteiger partial charge on any atom is 0.257 e. The summed E-state index contributed by atoms with van der Waals surface area (Å²) in [5, 5.41) is 6.94. The van der Waals surface area contributed by atoms with Crippen LogP contribution >= 0.6 is 0 Å². The Hall–Kier alpha value is -2.78. The molecule has 1 aliphatic heterocycles. The van der Waals surface area contributed by atoms with E-state index >= 15 is 0 Å². The summed E-state index contributed by atoms with van der Waals surface area (Å²) in [7, 11) is 1.76. The van der Waals surface area contributed by atoms with Crippen LogP contribution in [0.15, 0.2) is 28.8 Å². The van der Waals surface area contributed by atoms with Crippen LogP contribution in [0.5, 0.6) is 0 Å². The number of rotatable bonds is 10. The normalized spacial score (nSPS) is 14.4.